The van der Waals surface area contributed by atoms with Crippen LogP contribution >= 0.6 is 0 Å². The number of rotatable bonds is 4. The predicted octanol–water partition coefficient (Wildman–Crippen LogP) is 0.0899. The lowest BCUT2D eigenvalue weighted by molar-refractivity contribution is 0.580. The average molecular weight is 332 g/mol. The van der Waals surface area contributed by atoms with Gasteiger partial charge in [-0.05, 0) is 30.3 Å². The van der Waals surface area contributed by atoms with Gasteiger partial charge in [-0.15, -0.1) is 0 Å². The average Bonchev–Trinajstić information content (AvgIpc) is 2.55. The molecule has 0 aliphatic heterocycles. The highest BCUT2D eigenvalue weighted by Gasteiger charge is 2.15. The molecule has 0 fully saturated rings. The number of aromatic amines is 2. The molecule has 0 saturated heterocycles. The first-order chi connectivity index (χ1) is 11.0. The van der Waals surface area contributed by atoms with Gasteiger partial charge < -0.3 is 9.97 Å². The maximum absolute atomic E-state index is 12.3. The molecule has 2 heterocycles. The zero-order chi connectivity index (χ0) is 16.4. The van der Waals surface area contributed by atoms with Crippen molar-refractivity contribution >= 4 is 21.1 Å². The van der Waals surface area contributed by atoms with Gasteiger partial charge in [0.25, 0.3) is 0 Å². The Bertz CT molecular complexity index is 1070. The van der Waals surface area contributed by atoms with Gasteiger partial charge in [-0.3, -0.25) is 14.6 Å². The van der Waals surface area contributed by atoms with E-state index in [1.54, 1.807) is 24.4 Å². The Labute approximate surface area is 130 Å². The third-order valence-electron chi connectivity index (χ3n) is 3.17. The Morgan fingerprint density at radius 1 is 1.00 bits per heavy atom. The number of fused-ring (bicyclic) bond motifs is 1. The first-order valence-electron chi connectivity index (χ1n) is 6.62. The van der Waals surface area contributed by atoms with E-state index in [4.69, 9.17) is 0 Å². The van der Waals surface area contributed by atoms with E-state index in [0.717, 1.165) is 0 Å². The SMILES string of the molecule is O=c1[nH]c2ccc(S(=O)(=O)NCc3ccccn3)cc2[nH]c1=O. The second-order valence-corrected chi connectivity index (χ2v) is 6.53. The molecule has 0 unspecified atom stereocenters. The van der Waals surface area contributed by atoms with E-state index in [1.165, 1.54) is 18.2 Å². The fourth-order valence-electron chi connectivity index (χ4n) is 2.02. The van der Waals surface area contributed by atoms with Crippen LogP contribution in [-0.4, -0.2) is 23.4 Å². The van der Waals surface area contributed by atoms with Gasteiger partial charge in [0.05, 0.1) is 28.2 Å². The van der Waals surface area contributed by atoms with E-state index in [-0.39, 0.29) is 17.0 Å². The Hall–Kier alpha value is -2.78. The minimum Gasteiger partial charge on any atom is -0.316 e. The number of nitrogens with one attached hydrogen (secondary N) is 3. The van der Waals surface area contributed by atoms with Crippen LogP contribution in [0.4, 0.5) is 0 Å². The number of hydrogen-bond acceptors (Lipinski definition) is 5. The van der Waals surface area contributed by atoms with Crippen molar-refractivity contribution in [1.82, 2.24) is 19.7 Å². The summed E-state index contributed by atoms with van der Waals surface area (Å²) < 4.78 is 27.0. The molecule has 23 heavy (non-hydrogen) atoms. The number of H-pyrrole nitrogens is 2. The molecular weight excluding hydrogens is 320 g/mol. The summed E-state index contributed by atoms with van der Waals surface area (Å²) in [6.07, 6.45) is 1.57. The van der Waals surface area contributed by atoms with Gasteiger partial charge in [0, 0.05) is 6.20 Å². The van der Waals surface area contributed by atoms with E-state index in [9.17, 15) is 18.0 Å². The molecule has 0 amide bonds. The van der Waals surface area contributed by atoms with Crippen molar-refractivity contribution in [3.8, 4) is 0 Å². The lowest BCUT2D eigenvalue weighted by Gasteiger charge is -2.07. The minimum absolute atomic E-state index is 0.0244. The van der Waals surface area contributed by atoms with Crippen LogP contribution in [0.1, 0.15) is 5.69 Å². The molecule has 118 valence electrons. The predicted molar refractivity (Wildman–Crippen MR) is 83.5 cm³/mol. The Balaban J connectivity index is 1.93. The van der Waals surface area contributed by atoms with Gasteiger partial charge in [-0.2, -0.15) is 0 Å². The number of benzene rings is 1. The highest BCUT2D eigenvalue weighted by molar-refractivity contribution is 7.89. The molecule has 8 nitrogen and oxygen atoms in total. The van der Waals surface area contributed by atoms with E-state index >= 15 is 0 Å². The Kier molecular flexibility index (Phi) is 3.80. The maximum atomic E-state index is 12.3. The summed E-state index contributed by atoms with van der Waals surface area (Å²) in [6.45, 7) is 0.0450. The number of sulfonamides is 1. The molecule has 0 spiro atoms. The minimum atomic E-state index is -3.78. The molecule has 3 aromatic rings. The first-order valence-corrected chi connectivity index (χ1v) is 8.10. The summed E-state index contributed by atoms with van der Waals surface area (Å²) in [5.41, 5.74) is -0.474. The summed E-state index contributed by atoms with van der Waals surface area (Å²) in [6, 6.07) is 9.24. The lowest BCUT2D eigenvalue weighted by Crippen LogP contribution is -2.29. The largest absolute Gasteiger partial charge is 0.316 e. The van der Waals surface area contributed by atoms with Crippen LogP contribution in [0.3, 0.4) is 0 Å². The van der Waals surface area contributed by atoms with Crippen molar-refractivity contribution in [2.24, 2.45) is 0 Å². The second kappa shape index (κ2) is 5.78. The quantitative estimate of drug-likeness (QED) is 0.584. The molecule has 3 N–H and O–H groups in total. The molecule has 1 aromatic carbocycles. The standard InChI is InChI=1S/C14H12N4O4S/c19-13-14(20)18-12-7-10(4-5-11(12)17-13)23(21,22)16-8-9-3-1-2-6-15-9/h1-7,16H,8H2,(H,17,19)(H,18,20). The molecule has 0 aliphatic rings. The van der Waals surface area contributed by atoms with E-state index in [2.05, 4.69) is 19.7 Å². The lowest BCUT2D eigenvalue weighted by atomic mass is 10.3. The molecule has 0 atom stereocenters. The van der Waals surface area contributed by atoms with Crippen LogP contribution in [-0.2, 0) is 16.6 Å². The van der Waals surface area contributed by atoms with Crippen molar-refractivity contribution in [2.45, 2.75) is 11.4 Å². The van der Waals surface area contributed by atoms with Crippen molar-refractivity contribution in [1.29, 1.82) is 0 Å². The molecule has 0 bridgehead atoms. The third-order valence-corrected chi connectivity index (χ3v) is 4.57. The number of nitrogens with zero attached hydrogens (tertiary/aromatic N) is 1. The van der Waals surface area contributed by atoms with Crippen LogP contribution in [0.15, 0.2) is 57.1 Å². The zero-order valence-corrected chi connectivity index (χ0v) is 12.6. The van der Waals surface area contributed by atoms with Crippen molar-refractivity contribution in [3.05, 3.63) is 69.0 Å². The van der Waals surface area contributed by atoms with Gasteiger partial charge in [-0.1, -0.05) is 6.07 Å². The maximum Gasteiger partial charge on any atom is 0.314 e. The van der Waals surface area contributed by atoms with Crippen molar-refractivity contribution < 1.29 is 8.42 Å². The van der Waals surface area contributed by atoms with Crippen LogP contribution in [0.5, 0.6) is 0 Å². The van der Waals surface area contributed by atoms with Gasteiger partial charge in [0.15, 0.2) is 0 Å². The summed E-state index contributed by atoms with van der Waals surface area (Å²) >= 11 is 0. The van der Waals surface area contributed by atoms with Crippen LogP contribution in [0.2, 0.25) is 0 Å². The summed E-state index contributed by atoms with van der Waals surface area (Å²) in [5, 5.41) is 0. The molecule has 3 rings (SSSR count). The first kappa shape index (κ1) is 15.1. The highest BCUT2D eigenvalue weighted by atomic mass is 32.2. The third kappa shape index (κ3) is 3.20. The van der Waals surface area contributed by atoms with E-state index in [1.807, 2.05) is 0 Å². The number of pyridine rings is 1. The number of aromatic nitrogens is 3. The van der Waals surface area contributed by atoms with Gasteiger partial charge in [-0.25, -0.2) is 13.1 Å². The highest BCUT2D eigenvalue weighted by Crippen LogP contribution is 2.14. The fraction of sp³-hybridized carbons (Fsp3) is 0.0714. The molecule has 9 heteroatoms. The van der Waals surface area contributed by atoms with Crippen molar-refractivity contribution in [2.75, 3.05) is 0 Å². The monoisotopic (exact) mass is 332 g/mol. The molecular formula is C14H12N4O4S. The van der Waals surface area contributed by atoms with Gasteiger partial charge >= 0.3 is 11.1 Å². The van der Waals surface area contributed by atoms with E-state index < -0.39 is 21.1 Å². The summed E-state index contributed by atoms with van der Waals surface area (Å²) in [7, 11) is -3.78. The zero-order valence-electron chi connectivity index (χ0n) is 11.7. The van der Waals surface area contributed by atoms with Crippen LogP contribution < -0.4 is 15.8 Å². The number of hydrogen-bond donors (Lipinski definition) is 3. The van der Waals surface area contributed by atoms with E-state index in [0.29, 0.717) is 11.2 Å². The molecule has 0 saturated carbocycles. The summed E-state index contributed by atoms with van der Waals surface area (Å²) in [4.78, 5) is 31.3. The van der Waals surface area contributed by atoms with Crippen LogP contribution in [0, 0.1) is 0 Å². The Morgan fingerprint density at radius 2 is 1.74 bits per heavy atom. The molecule has 0 radical (unpaired) electrons. The van der Waals surface area contributed by atoms with Crippen LogP contribution in [0.25, 0.3) is 11.0 Å². The Morgan fingerprint density at radius 3 is 2.43 bits per heavy atom. The topological polar surface area (TPSA) is 125 Å². The smallest absolute Gasteiger partial charge is 0.314 e. The summed E-state index contributed by atoms with van der Waals surface area (Å²) in [5.74, 6) is 0. The van der Waals surface area contributed by atoms with Gasteiger partial charge in [0.2, 0.25) is 10.0 Å². The molecule has 2 aromatic heterocycles. The van der Waals surface area contributed by atoms with Crippen molar-refractivity contribution in [3.63, 3.8) is 0 Å². The second-order valence-electron chi connectivity index (χ2n) is 4.76. The van der Waals surface area contributed by atoms with Gasteiger partial charge in [0.1, 0.15) is 0 Å². The fourth-order valence-corrected chi connectivity index (χ4v) is 3.04. The normalized spacial score (nSPS) is 11.7. The molecule has 0 aliphatic carbocycles.